The van der Waals surface area contributed by atoms with E-state index in [1.807, 2.05) is 0 Å². The lowest BCUT2D eigenvalue weighted by Crippen LogP contribution is -2.21. The summed E-state index contributed by atoms with van der Waals surface area (Å²) in [5, 5.41) is 12.0. The van der Waals surface area contributed by atoms with E-state index in [9.17, 15) is 0 Å². The van der Waals surface area contributed by atoms with Crippen LogP contribution in [0.4, 0.5) is 0 Å². The van der Waals surface area contributed by atoms with Gasteiger partial charge in [0.15, 0.2) is 5.82 Å². The number of hydrogen-bond acceptors (Lipinski definition) is 4. The van der Waals surface area contributed by atoms with Gasteiger partial charge in [0.2, 0.25) is 0 Å². The van der Waals surface area contributed by atoms with E-state index >= 15 is 0 Å². The van der Waals surface area contributed by atoms with E-state index in [-0.39, 0.29) is 0 Å². The first kappa shape index (κ1) is 11.0. The average Bonchev–Trinajstić information content (AvgIpc) is 2.73. The zero-order chi connectivity index (χ0) is 10.8. The molecule has 2 unspecified atom stereocenters. The number of tetrazole rings is 1. The lowest BCUT2D eigenvalue weighted by molar-refractivity contribution is 0.307. The van der Waals surface area contributed by atoms with Crippen LogP contribution in [0.5, 0.6) is 0 Å². The second-order valence-corrected chi connectivity index (χ2v) is 5.25. The molecule has 6 heteroatoms. The van der Waals surface area contributed by atoms with Crippen molar-refractivity contribution in [3.8, 4) is 0 Å². The number of hydrogen-bond donors (Lipinski definition) is 0. The molecule has 0 bridgehead atoms. The third kappa shape index (κ3) is 2.55. The number of halogens is 1. The van der Waals surface area contributed by atoms with Crippen molar-refractivity contribution in [3.05, 3.63) is 5.82 Å². The number of rotatable bonds is 3. The standard InChI is InChI=1S/C9H16BrN5/c1-3-7-4-15(5-8(7)10)6-9-11-13-14(2)12-9/h7-8H,3-6H2,1-2H3. The minimum atomic E-state index is 0.610. The van der Waals surface area contributed by atoms with Gasteiger partial charge >= 0.3 is 0 Å². The fourth-order valence-electron chi connectivity index (χ4n) is 2.02. The van der Waals surface area contributed by atoms with Crippen LogP contribution < -0.4 is 0 Å². The summed E-state index contributed by atoms with van der Waals surface area (Å²) in [6.45, 7) is 5.26. The third-order valence-electron chi connectivity index (χ3n) is 2.88. The second-order valence-electron chi connectivity index (χ2n) is 4.07. The number of aryl methyl sites for hydroxylation is 1. The predicted molar refractivity (Wildman–Crippen MR) is 60.6 cm³/mol. The summed E-state index contributed by atoms with van der Waals surface area (Å²) in [5.41, 5.74) is 0. The normalized spacial score (nSPS) is 27.4. The minimum absolute atomic E-state index is 0.610. The summed E-state index contributed by atoms with van der Waals surface area (Å²) in [6, 6.07) is 0. The van der Waals surface area contributed by atoms with Crippen LogP contribution in [-0.2, 0) is 13.6 Å². The van der Waals surface area contributed by atoms with Gasteiger partial charge in [-0.05, 0) is 11.1 Å². The van der Waals surface area contributed by atoms with Gasteiger partial charge in [0.05, 0.1) is 13.6 Å². The molecule has 5 nitrogen and oxygen atoms in total. The molecule has 0 spiro atoms. The Hall–Kier alpha value is -0.490. The molecular weight excluding hydrogens is 258 g/mol. The lowest BCUT2D eigenvalue weighted by atomic mass is 10.1. The van der Waals surface area contributed by atoms with E-state index < -0.39 is 0 Å². The lowest BCUT2D eigenvalue weighted by Gasteiger charge is -2.12. The largest absolute Gasteiger partial charge is 0.294 e. The van der Waals surface area contributed by atoms with E-state index in [2.05, 4.69) is 43.2 Å². The molecule has 0 N–H and O–H groups in total. The Labute approximate surface area is 98.0 Å². The topological polar surface area (TPSA) is 46.8 Å². The van der Waals surface area contributed by atoms with Crippen LogP contribution in [0.1, 0.15) is 19.2 Å². The highest BCUT2D eigenvalue weighted by molar-refractivity contribution is 9.09. The number of alkyl halides is 1. The van der Waals surface area contributed by atoms with Crippen LogP contribution in [0.3, 0.4) is 0 Å². The van der Waals surface area contributed by atoms with Crippen molar-refractivity contribution < 1.29 is 0 Å². The maximum atomic E-state index is 4.19. The van der Waals surface area contributed by atoms with E-state index in [1.165, 1.54) is 11.2 Å². The summed E-state index contributed by atoms with van der Waals surface area (Å²) in [7, 11) is 1.79. The minimum Gasteiger partial charge on any atom is -0.294 e. The van der Waals surface area contributed by atoms with Gasteiger partial charge in [-0.1, -0.05) is 29.3 Å². The predicted octanol–water partition coefficient (Wildman–Crippen LogP) is 0.815. The molecule has 2 heterocycles. The highest BCUT2D eigenvalue weighted by Gasteiger charge is 2.29. The molecule has 2 atom stereocenters. The first-order valence-electron chi connectivity index (χ1n) is 5.28. The highest BCUT2D eigenvalue weighted by atomic mass is 79.9. The van der Waals surface area contributed by atoms with Crippen molar-refractivity contribution in [1.29, 1.82) is 0 Å². The van der Waals surface area contributed by atoms with Gasteiger partial charge < -0.3 is 0 Å². The van der Waals surface area contributed by atoms with Crippen LogP contribution in [0, 0.1) is 5.92 Å². The summed E-state index contributed by atoms with van der Waals surface area (Å²) in [5.74, 6) is 1.57. The van der Waals surface area contributed by atoms with Crippen molar-refractivity contribution in [2.45, 2.75) is 24.7 Å². The Bertz CT molecular complexity index is 326. The Balaban J connectivity index is 1.92. The SMILES string of the molecule is CCC1CN(Cc2nnn(C)n2)CC1Br. The molecule has 15 heavy (non-hydrogen) atoms. The Morgan fingerprint density at radius 1 is 1.47 bits per heavy atom. The molecule has 84 valence electrons. The van der Waals surface area contributed by atoms with Crippen molar-refractivity contribution in [3.63, 3.8) is 0 Å². The fourth-order valence-corrected chi connectivity index (χ4v) is 2.97. The van der Waals surface area contributed by atoms with Crippen molar-refractivity contribution >= 4 is 15.9 Å². The van der Waals surface area contributed by atoms with E-state index in [4.69, 9.17) is 0 Å². The van der Waals surface area contributed by atoms with Gasteiger partial charge in [0.1, 0.15) is 0 Å². The first-order valence-corrected chi connectivity index (χ1v) is 6.20. The molecule has 0 saturated carbocycles. The zero-order valence-corrected chi connectivity index (χ0v) is 10.7. The Kier molecular flexibility index (Phi) is 3.35. The maximum absolute atomic E-state index is 4.19. The zero-order valence-electron chi connectivity index (χ0n) is 9.10. The van der Waals surface area contributed by atoms with Gasteiger partial charge in [-0.25, -0.2) is 0 Å². The van der Waals surface area contributed by atoms with Crippen LogP contribution >= 0.6 is 15.9 Å². The molecule has 0 amide bonds. The van der Waals surface area contributed by atoms with Gasteiger partial charge in [0.25, 0.3) is 0 Å². The summed E-state index contributed by atoms with van der Waals surface area (Å²) in [4.78, 5) is 4.50. The van der Waals surface area contributed by atoms with Crippen molar-refractivity contribution in [1.82, 2.24) is 25.1 Å². The molecule has 1 fully saturated rings. The monoisotopic (exact) mass is 273 g/mol. The smallest absolute Gasteiger partial charge is 0.188 e. The summed E-state index contributed by atoms with van der Waals surface area (Å²) < 4.78 is 0. The van der Waals surface area contributed by atoms with Crippen LogP contribution in [-0.4, -0.2) is 43.0 Å². The van der Waals surface area contributed by atoms with Gasteiger partial charge in [-0.3, -0.25) is 4.90 Å². The number of likely N-dealkylation sites (tertiary alicyclic amines) is 1. The van der Waals surface area contributed by atoms with E-state index in [0.717, 1.165) is 31.4 Å². The molecule has 0 aromatic carbocycles. The van der Waals surface area contributed by atoms with E-state index in [0.29, 0.717) is 4.83 Å². The molecule has 1 saturated heterocycles. The fraction of sp³-hybridized carbons (Fsp3) is 0.889. The molecule has 0 aliphatic carbocycles. The molecule has 1 aliphatic rings. The van der Waals surface area contributed by atoms with Gasteiger partial charge in [-0.2, -0.15) is 4.80 Å². The third-order valence-corrected chi connectivity index (χ3v) is 3.91. The highest BCUT2D eigenvalue weighted by Crippen LogP contribution is 2.26. The van der Waals surface area contributed by atoms with Gasteiger partial charge in [0, 0.05) is 17.9 Å². The van der Waals surface area contributed by atoms with Gasteiger partial charge in [-0.15, -0.1) is 10.2 Å². The van der Waals surface area contributed by atoms with Crippen LogP contribution in [0.15, 0.2) is 0 Å². The van der Waals surface area contributed by atoms with Crippen molar-refractivity contribution in [2.24, 2.45) is 13.0 Å². The first-order chi connectivity index (χ1) is 7.19. The Morgan fingerprint density at radius 3 is 2.80 bits per heavy atom. The Morgan fingerprint density at radius 2 is 2.27 bits per heavy atom. The number of nitrogens with zero attached hydrogens (tertiary/aromatic N) is 5. The average molecular weight is 274 g/mol. The molecule has 1 aromatic rings. The van der Waals surface area contributed by atoms with Crippen molar-refractivity contribution in [2.75, 3.05) is 13.1 Å². The molecular formula is C9H16BrN5. The maximum Gasteiger partial charge on any atom is 0.188 e. The molecule has 1 aromatic heterocycles. The van der Waals surface area contributed by atoms with Crippen LogP contribution in [0.2, 0.25) is 0 Å². The summed E-state index contributed by atoms with van der Waals surface area (Å²) in [6.07, 6.45) is 1.22. The van der Waals surface area contributed by atoms with Crippen LogP contribution in [0.25, 0.3) is 0 Å². The quantitative estimate of drug-likeness (QED) is 0.765. The number of aromatic nitrogens is 4. The van der Waals surface area contributed by atoms with E-state index in [1.54, 1.807) is 7.05 Å². The molecule has 1 aliphatic heterocycles. The second kappa shape index (κ2) is 4.57. The molecule has 0 radical (unpaired) electrons. The summed E-state index contributed by atoms with van der Waals surface area (Å²) >= 11 is 3.72. The molecule has 2 rings (SSSR count).